The molecule has 2 rings (SSSR count). The lowest BCUT2D eigenvalue weighted by molar-refractivity contribution is 0.899. The van der Waals surface area contributed by atoms with Crippen molar-refractivity contribution in [2.75, 3.05) is 11.9 Å². The molecule has 1 unspecified atom stereocenters. The van der Waals surface area contributed by atoms with E-state index in [1.165, 1.54) is 11.1 Å². The van der Waals surface area contributed by atoms with Crippen molar-refractivity contribution in [3.05, 3.63) is 65.2 Å². The van der Waals surface area contributed by atoms with Crippen LogP contribution in [0.4, 0.5) is 5.69 Å². The number of hydrogen-bond donors (Lipinski definition) is 1. The smallest absolute Gasteiger partial charge is 0.0885 e. The summed E-state index contributed by atoms with van der Waals surface area (Å²) in [6, 6.07) is 18.6. The highest BCUT2D eigenvalue weighted by Crippen LogP contribution is 2.19. The zero-order valence-electron chi connectivity index (χ0n) is 11.4. The van der Waals surface area contributed by atoms with Crippen LogP contribution in [0.5, 0.6) is 0 Å². The summed E-state index contributed by atoms with van der Waals surface area (Å²) in [6.45, 7) is 4.78. The summed E-state index contributed by atoms with van der Waals surface area (Å²) in [7, 11) is 0. The molecule has 0 saturated heterocycles. The Bertz CT molecular complexity index is 582. The van der Waals surface area contributed by atoms with Crippen LogP contribution in [0.25, 0.3) is 0 Å². The zero-order valence-corrected chi connectivity index (χ0v) is 11.4. The van der Waals surface area contributed by atoms with E-state index in [1.807, 2.05) is 30.3 Å². The molecule has 19 heavy (non-hydrogen) atoms. The highest BCUT2D eigenvalue weighted by molar-refractivity contribution is 5.53. The van der Waals surface area contributed by atoms with Gasteiger partial charge in [0, 0.05) is 12.2 Å². The average Bonchev–Trinajstić information content (AvgIpc) is 2.44. The second kappa shape index (κ2) is 6.06. The topological polar surface area (TPSA) is 35.8 Å². The van der Waals surface area contributed by atoms with Gasteiger partial charge in [-0.15, -0.1) is 0 Å². The lowest BCUT2D eigenvalue weighted by atomic mass is 10.0. The molecule has 0 radical (unpaired) electrons. The van der Waals surface area contributed by atoms with E-state index in [2.05, 4.69) is 43.4 Å². The maximum Gasteiger partial charge on any atom is 0.0885 e. The Morgan fingerprint density at radius 3 is 2.53 bits per heavy atom. The highest BCUT2D eigenvalue weighted by atomic mass is 14.9. The summed E-state index contributed by atoms with van der Waals surface area (Å²) in [6.07, 6.45) is 0. The lowest BCUT2D eigenvalue weighted by Gasteiger charge is -2.14. The van der Waals surface area contributed by atoms with Crippen molar-refractivity contribution >= 4 is 5.69 Å². The maximum absolute atomic E-state index is 9.29. The van der Waals surface area contributed by atoms with Crippen LogP contribution in [0.15, 0.2) is 48.5 Å². The minimum Gasteiger partial charge on any atom is -0.383 e. The van der Waals surface area contributed by atoms with Crippen LogP contribution in [0.3, 0.4) is 0 Å². The molecular weight excluding hydrogens is 232 g/mol. The highest BCUT2D eigenvalue weighted by Gasteiger charge is 2.10. The fourth-order valence-corrected chi connectivity index (χ4v) is 2.06. The normalized spacial score (nSPS) is 11.6. The van der Waals surface area contributed by atoms with E-state index in [0.717, 1.165) is 11.3 Å². The van der Waals surface area contributed by atoms with Crippen molar-refractivity contribution in [1.82, 2.24) is 0 Å². The molecule has 2 nitrogen and oxygen atoms in total. The van der Waals surface area contributed by atoms with Crippen LogP contribution in [0, 0.1) is 25.2 Å². The molecule has 1 atom stereocenters. The minimum atomic E-state index is -0.124. The first-order chi connectivity index (χ1) is 9.20. The van der Waals surface area contributed by atoms with E-state index in [4.69, 9.17) is 0 Å². The Labute approximate surface area is 114 Å². The summed E-state index contributed by atoms with van der Waals surface area (Å²) in [5.41, 5.74) is 4.59. The molecule has 0 aliphatic heterocycles. The molecular formula is C17H18N2. The molecule has 96 valence electrons. The van der Waals surface area contributed by atoms with Gasteiger partial charge in [-0.3, -0.25) is 0 Å². The predicted octanol–water partition coefficient (Wildman–Crippen LogP) is 4.02. The molecule has 0 fully saturated rings. The number of nitriles is 1. The van der Waals surface area contributed by atoms with Crippen molar-refractivity contribution in [3.63, 3.8) is 0 Å². The number of hydrogen-bond acceptors (Lipinski definition) is 2. The lowest BCUT2D eigenvalue weighted by Crippen LogP contribution is -2.12. The largest absolute Gasteiger partial charge is 0.383 e. The van der Waals surface area contributed by atoms with Gasteiger partial charge in [-0.25, -0.2) is 0 Å². The maximum atomic E-state index is 9.29. The van der Waals surface area contributed by atoms with Gasteiger partial charge in [-0.2, -0.15) is 5.26 Å². The van der Waals surface area contributed by atoms with E-state index in [1.54, 1.807) is 0 Å². The summed E-state index contributed by atoms with van der Waals surface area (Å²) in [5.74, 6) is -0.124. The first-order valence-corrected chi connectivity index (χ1v) is 6.46. The van der Waals surface area contributed by atoms with E-state index >= 15 is 0 Å². The molecule has 0 amide bonds. The van der Waals surface area contributed by atoms with Gasteiger partial charge in [0.05, 0.1) is 12.0 Å². The van der Waals surface area contributed by atoms with Crippen molar-refractivity contribution in [3.8, 4) is 6.07 Å². The number of nitrogens with zero attached hydrogens (tertiary/aromatic N) is 1. The quantitative estimate of drug-likeness (QED) is 0.889. The Kier molecular flexibility index (Phi) is 4.20. The molecule has 2 aromatic carbocycles. The molecule has 0 heterocycles. The Hall–Kier alpha value is -2.27. The molecule has 0 spiro atoms. The molecule has 0 aromatic heterocycles. The summed E-state index contributed by atoms with van der Waals surface area (Å²) in [5, 5.41) is 12.7. The second-order valence-corrected chi connectivity index (χ2v) is 4.79. The third-order valence-corrected chi connectivity index (χ3v) is 3.25. The van der Waals surface area contributed by atoms with E-state index in [-0.39, 0.29) is 5.92 Å². The Morgan fingerprint density at radius 2 is 1.84 bits per heavy atom. The third-order valence-electron chi connectivity index (χ3n) is 3.25. The van der Waals surface area contributed by atoms with Crippen LogP contribution >= 0.6 is 0 Å². The Balaban J connectivity index is 2.09. The summed E-state index contributed by atoms with van der Waals surface area (Å²) < 4.78 is 0. The zero-order chi connectivity index (χ0) is 13.7. The second-order valence-electron chi connectivity index (χ2n) is 4.79. The summed E-state index contributed by atoms with van der Waals surface area (Å²) >= 11 is 0. The number of rotatable bonds is 4. The van der Waals surface area contributed by atoms with Gasteiger partial charge < -0.3 is 5.32 Å². The van der Waals surface area contributed by atoms with Crippen molar-refractivity contribution in [1.29, 1.82) is 5.26 Å². The third kappa shape index (κ3) is 3.35. The molecule has 2 heteroatoms. The van der Waals surface area contributed by atoms with Gasteiger partial charge >= 0.3 is 0 Å². The predicted molar refractivity (Wildman–Crippen MR) is 79.2 cm³/mol. The SMILES string of the molecule is Cc1ccc(C)c(NCC(C#N)c2ccccc2)c1. The summed E-state index contributed by atoms with van der Waals surface area (Å²) in [4.78, 5) is 0. The first-order valence-electron chi connectivity index (χ1n) is 6.46. The van der Waals surface area contributed by atoms with Gasteiger partial charge in [0.15, 0.2) is 0 Å². The van der Waals surface area contributed by atoms with Crippen molar-refractivity contribution in [2.45, 2.75) is 19.8 Å². The number of aryl methyl sites for hydroxylation is 2. The van der Waals surface area contributed by atoms with Gasteiger partial charge in [-0.1, -0.05) is 42.5 Å². The fraction of sp³-hybridized carbons (Fsp3) is 0.235. The minimum absolute atomic E-state index is 0.124. The molecule has 0 bridgehead atoms. The number of benzene rings is 2. The van der Waals surface area contributed by atoms with Crippen LogP contribution in [-0.2, 0) is 0 Å². The van der Waals surface area contributed by atoms with E-state index in [9.17, 15) is 5.26 Å². The van der Waals surface area contributed by atoms with Gasteiger partial charge in [0.2, 0.25) is 0 Å². The molecule has 0 saturated carbocycles. The van der Waals surface area contributed by atoms with Crippen LogP contribution in [0.2, 0.25) is 0 Å². The molecule has 0 aliphatic rings. The molecule has 2 aromatic rings. The van der Waals surface area contributed by atoms with Crippen molar-refractivity contribution in [2.24, 2.45) is 0 Å². The van der Waals surface area contributed by atoms with Gasteiger partial charge in [0.25, 0.3) is 0 Å². The van der Waals surface area contributed by atoms with E-state index < -0.39 is 0 Å². The standard InChI is InChI=1S/C17H18N2/c1-13-8-9-14(2)17(10-13)19-12-16(11-18)15-6-4-3-5-7-15/h3-10,16,19H,12H2,1-2H3. The van der Waals surface area contributed by atoms with Gasteiger partial charge in [-0.05, 0) is 36.6 Å². The fourth-order valence-electron chi connectivity index (χ4n) is 2.06. The van der Waals surface area contributed by atoms with Crippen LogP contribution in [-0.4, -0.2) is 6.54 Å². The van der Waals surface area contributed by atoms with Crippen molar-refractivity contribution < 1.29 is 0 Å². The first kappa shape index (κ1) is 13.2. The molecule has 1 N–H and O–H groups in total. The number of anilines is 1. The Morgan fingerprint density at radius 1 is 1.11 bits per heavy atom. The van der Waals surface area contributed by atoms with Crippen LogP contribution in [0.1, 0.15) is 22.6 Å². The monoisotopic (exact) mass is 250 g/mol. The van der Waals surface area contributed by atoms with Gasteiger partial charge in [0.1, 0.15) is 0 Å². The number of nitrogens with one attached hydrogen (secondary N) is 1. The average molecular weight is 250 g/mol. The molecule has 0 aliphatic carbocycles. The van der Waals surface area contributed by atoms with E-state index in [0.29, 0.717) is 6.54 Å². The van der Waals surface area contributed by atoms with Crippen LogP contribution < -0.4 is 5.32 Å².